The standard InChI is InChI=1S/C22H18F2N4O3S/c1-12-3-8-18(31-2)19(9-12)32(29,30)28-17-7-5-15(23)20(21(17)24)13-4-6-16-14(10-13)11-26-22(25)27-16/h3-11,28H,1-2H3,(H2,25,26,27). The van der Waals surface area contributed by atoms with Crippen LogP contribution in [0.2, 0.25) is 0 Å². The van der Waals surface area contributed by atoms with Gasteiger partial charge in [0, 0.05) is 11.6 Å². The van der Waals surface area contributed by atoms with Crippen LogP contribution < -0.4 is 15.2 Å². The zero-order chi connectivity index (χ0) is 23.0. The lowest BCUT2D eigenvalue weighted by Gasteiger charge is -2.15. The predicted octanol–water partition coefficient (Wildman–Crippen LogP) is 4.28. The second-order valence-electron chi connectivity index (χ2n) is 7.05. The third-order valence-electron chi connectivity index (χ3n) is 4.83. The van der Waals surface area contributed by atoms with Crippen LogP contribution >= 0.6 is 0 Å². The van der Waals surface area contributed by atoms with E-state index in [0.717, 1.165) is 12.1 Å². The van der Waals surface area contributed by atoms with Crippen molar-refractivity contribution in [3.05, 3.63) is 71.9 Å². The van der Waals surface area contributed by atoms with Crippen LogP contribution in [0.15, 0.2) is 59.6 Å². The average Bonchev–Trinajstić information content (AvgIpc) is 2.76. The van der Waals surface area contributed by atoms with Crippen LogP contribution in [-0.2, 0) is 10.0 Å². The Balaban J connectivity index is 1.79. The Morgan fingerprint density at radius 2 is 1.84 bits per heavy atom. The summed E-state index contributed by atoms with van der Waals surface area (Å²) in [6, 6.07) is 11.1. The second kappa shape index (κ2) is 8.04. The SMILES string of the molecule is COc1ccc(C)cc1S(=O)(=O)Nc1ccc(F)c(-c2ccc3nc(N)ncc3c2)c1F. The van der Waals surface area contributed by atoms with Crippen molar-refractivity contribution < 1.29 is 21.9 Å². The summed E-state index contributed by atoms with van der Waals surface area (Å²) in [7, 11) is -2.89. The second-order valence-corrected chi connectivity index (χ2v) is 8.70. The number of aromatic nitrogens is 2. The van der Waals surface area contributed by atoms with E-state index in [1.54, 1.807) is 19.1 Å². The maximum atomic E-state index is 15.3. The first-order valence-corrected chi connectivity index (χ1v) is 10.9. The lowest BCUT2D eigenvalue weighted by molar-refractivity contribution is 0.402. The highest BCUT2D eigenvalue weighted by Gasteiger charge is 2.24. The van der Waals surface area contributed by atoms with Crippen molar-refractivity contribution in [1.29, 1.82) is 0 Å². The molecular weight excluding hydrogens is 438 g/mol. The zero-order valence-corrected chi connectivity index (χ0v) is 17.9. The first kappa shape index (κ1) is 21.4. The van der Waals surface area contributed by atoms with Crippen LogP contribution in [0.1, 0.15) is 5.56 Å². The molecule has 0 aliphatic carbocycles. The maximum absolute atomic E-state index is 15.3. The summed E-state index contributed by atoms with van der Waals surface area (Å²) in [6.07, 6.45) is 1.44. The van der Waals surface area contributed by atoms with Crippen LogP contribution in [0.5, 0.6) is 5.75 Å². The number of anilines is 2. The van der Waals surface area contributed by atoms with Gasteiger partial charge in [-0.15, -0.1) is 0 Å². The molecule has 0 bridgehead atoms. The summed E-state index contributed by atoms with van der Waals surface area (Å²) in [5.41, 5.74) is 6.14. The van der Waals surface area contributed by atoms with E-state index in [-0.39, 0.29) is 27.7 Å². The molecule has 1 aromatic heterocycles. The number of nitrogens with zero attached hydrogens (tertiary/aromatic N) is 2. The van der Waals surface area contributed by atoms with E-state index in [4.69, 9.17) is 10.5 Å². The van der Waals surface area contributed by atoms with Crippen molar-refractivity contribution in [2.75, 3.05) is 17.6 Å². The van der Waals surface area contributed by atoms with E-state index in [9.17, 15) is 12.8 Å². The van der Waals surface area contributed by atoms with Gasteiger partial charge in [0.1, 0.15) is 16.5 Å². The van der Waals surface area contributed by atoms with E-state index in [2.05, 4.69) is 14.7 Å². The van der Waals surface area contributed by atoms with Gasteiger partial charge in [-0.1, -0.05) is 12.1 Å². The first-order chi connectivity index (χ1) is 15.2. The van der Waals surface area contributed by atoms with Crippen molar-refractivity contribution in [3.63, 3.8) is 0 Å². The van der Waals surface area contributed by atoms with Gasteiger partial charge >= 0.3 is 0 Å². The minimum absolute atomic E-state index is 0.0746. The number of nitrogens with one attached hydrogen (secondary N) is 1. The summed E-state index contributed by atoms with van der Waals surface area (Å²) in [6.45, 7) is 1.71. The van der Waals surface area contributed by atoms with E-state index < -0.39 is 27.3 Å². The van der Waals surface area contributed by atoms with Crippen molar-refractivity contribution in [2.24, 2.45) is 0 Å². The van der Waals surface area contributed by atoms with E-state index in [1.807, 2.05) is 0 Å². The molecule has 3 N–H and O–H groups in total. The number of ether oxygens (including phenoxy) is 1. The van der Waals surface area contributed by atoms with E-state index in [1.165, 1.54) is 37.6 Å². The fraction of sp³-hybridized carbons (Fsp3) is 0.0909. The highest BCUT2D eigenvalue weighted by Crippen LogP contribution is 2.34. The summed E-state index contributed by atoms with van der Waals surface area (Å²) in [4.78, 5) is 7.78. The summed E-state index contributed by atoms with van der Waals surface area (Å²) < 4.78 is 63.2. The number of hydrogen-bond acceptors (Lipinski definition) is 6. The van der Waals surface area contributed by atoms with Gasteiger partial charge in [-0.3, -0.25) is 4.72 Å². The Hall–Kier alpha value is -3.79. The normalized spacial score (nSPS) is 11.5. The smallest absolute Gasteiger partial charge is 0.265 e. The molecule has 32 heavy (non-hydrogen) atoms. The molecule has 0 atom stereocenters. The molecule has 10 heteroatoms. The predicted molar refractivity (Wildman–Crippen MR) is 118 cm³/mol. The monoisotopic (exact) mass is 456 g/mol. The van der Waals surface area contributed by atoms with Gasteiger partial charge in [-0.2, -0.15) is 0 Å². The number of hydrogen-bond donors (Lipinski definition) is 2. The number of halogens is 2. The summed E-state index contributed by atoms with van der Waals surface area (Å²) >= 11 is 0. The van der Waals surface area contributed by atoms with Crippen molar-refractivity contribution in [2.45, 2.75) is 11.8 Å². The molecule has 0 aliphatic heterocycles. The molecule has 0 unspecified atom stereocenters. The van der Waals surface area contributed by atoms with Crippen molar-refractivity contribution in [1.82, 2.24) is 9.97 Å². The van der Waals surface area contributed by atoms with Crippen LogP contribution in [0.4, 0.5) is 20.4 Å². The largest absolute Gasteiger partial charge is 0.495 e. The molecule has 0 aliphatic rings. The summed E-state index contributed by atoms with van der Waals surface area (Å²) in [5.74, 6) is -1.74. The molecule has 4 aromatic rings. The summed E-state index contributed by atoms with van der Waals surface area (Å²) in [5, 5.41) is 0.519. The third-order valence-corrected chi connectivity index (χ3v) is 6.22. The minimum atomic E-state index is -4.22. The molecule has 3 aromatic carbocycles. The van der Waals surface area contributed by atoms with Gasteiger partial charge in [0.05, 0.1) is 23.9 Å². The average molecular weight is 456 g/mol. The molecule has 0 radical (unpaired) electrons. The number of rotatable bonds is 5. The number of nitrogens with two attached hydrogens (primary N) is 1. The number of nitrogen functional groups attached to an aromatic ring is 1. The van der Waals surface area contributed by atoms with Gasteiger partial charge in [0.15, 0.2) is 5.82 Å². The van der Waals surface area contributed by atoms with Crippen LogP contribution in [0, 0.1) is 18.6 Å². The van der Waals surface area contributed by atoms with E-state index in [0.29, 0.717) is 16.5 Å². The van der Waals surface area contributed by atoms with Crippen LogP contribution in [-0.4, -0.2) is 25.5 Å². The molecule has 0 fully saturated rings. The van der Waals surface area contributed by atoms with Gasteiger partial charge in [0.25, 0.3) is 10.0 Å². The van der Waals surface area contributed by atoms with Gasteiger partial charge in [-0.05, 0) is 54.4 Å². The fourth-order valence-electron chi connectivity index (χ4n) is 3.29. The Kier molecular flexibility index (Phi) is 5.39. The van der Waals surface area contributed by atoms with Gasteiger partial charge in [-0.25, -0.2) is 27.2 Å². The molecular formula is C22H18F2N4O3S. The number of aryl methyl sites for hydroxylation is 1. The molecule has 0 amide bonds. The van der Waals surface area contributed by atoms with Gasteiger partial charge < -0.3 is 10.5 Å². The first-order valence-electron chi connectivity index (χ1n) is 9.38. The molecule has 1 heterocycles. The molecule has 0 saturated heterocycles. The minimum Gasteiger partial charge on any atom is -0.495 e. The number of methoxy groups -OCH3 is 1. The maximum Gasteiger partial charge on any atom is 0.265 e. The van der Waals surface area contributed by atoms with Gasteiger partial charge in [0.2, 0.25) is 5.95 Å². The Morgan fingerprint density at radius 1 is 1.06 bits per heavy atom. The molecule has 0 saturated carbocycles. The molecule has 164 valence electrons. The Bertz CT molecular complexity index is 1460. The molecule has 7 nitrogen and oxygen atoms in total. The lowest BCUT2D eigenvalue weighted by Crippen LogP contribution is -2.15. The topological polar surface area (TPSA) is 107 Å². The fourth-order valence-corrected chi connectivity index (χ4v) is 4.61. The highest BCUT2D eigenvalue weighted by atomic mass is 32.2. The van der Waals surface area contributed by atoms with Crippen LogP contribution in [0.25, 0.3) is 22.0 Å². The Morgan fingerprint density at radius 3 is 2.59 bits per heavy atom. The zero-order valence-electron chi connectivity index (χ0n) is 17.1. The van der Waals surface area contributed by atoms with Crippen molar-refractivity contribution >= 4 is 32.6 Å². The third kappa shape index (κ3) is 3.92. The number of benzene rings is 3. The van der Waals surface area contributed by atoms with E-state index >= 15 is 4.39 Å². The number of sulfonamides is 1. The number of fused-ring (bicyclic) bond motifs is 1. The molecule has 4 rings (SSSR count). The Labute approximate surface area is 182 Å². The van der Waals surface area contributed by atoms with Crippen LogP contribution in [0.3, 0.4) is 0 Å². The lowest BCUT2D eigenvalue weighted by atomic mass is 10.0. The van der Waals surface area contributed by atoms with Crippen molar-refractivity contribution in [3.8, 4) is 16.9 Å². The quantitative estimate of drug-likeness (QED) is 0.464. The highest BCUT2D eigenvalue weighted by molar-refractivity contribution is 7.92. The molecule has 0 spiro atoms.